The molecule has 0 aliphatic carbocycles. The Balaban J connectivity index is 2.68. The second kappa shape index (κ2) is 4.63. The van der Waals surface area contributed by atoms with Crippen LogP contribution in [0.3, 0.4) is 0 Å². The second-order valence-electron chi connectivity index (χ2n) is 4.40. The lowest BCUT2D eigenvalue weighted by atomic mass is 10.1. The highest BCUT2D eigenvalue weighted by atomic mass is 16.3. The molecule has 0 unspecified atom stereocenters. The molecule has 4 heteroatoms. The van der Waals surface area contributed by atoms with E-state index in [2.05, 4.69) is 11.2 Å². The largest absolute Gasteiger partial charge is 0.389 e. The zero-order valence-corrected chi connectivity index (χ0v) is 10.7. The maximum absolute atomic E-state index is 9.80. The van der Waals surface area contributed by atoms with Gasteiger partial charge in [0, 0.05) is 11.3 Å². The van der Waals surface area contributed by atoms with E-state index in [0.717, 1.165) is 22.6 Å². The van der Waals surface area contributed by atoms with Gasteiger partial charge in [-0.25, -0.2) is 4.68 Å². The van der Waals surface area contributed by atoms with Crippen LogP contribution in [0, 0.1) is 25.2 Å². The van der Waals surface area contributed by atoms with Gasteiger partial charge in [0.05, 0.1) is 29.1 Å². The summed E-state index contributed by atoms with van der Waals surface area (Å²) in [5.41, 5.74) is 3.97. The van der Waals surface area contributed by atoms with Gasteiger partial charge >= 0.3 is 0 Å². The third kappa shape index (κ3) is 2.13. The predicted octanol–water partition coefficient (Wildman–Crippen LogP) is 2.41. The van der Waals surface area contributed by atoms with E-state index in [1.54, 1.807) is 29.8 Å². The molecule has 0 saturated heterocycles. The normalized spacial score (nSPS) is 12.2. The fourth-order valence-corrected chi connectivity index (χ4v) is 2.02. The molecular weight excluding hydrogens is 226 g/mol. The number of nitrogens with zero attached hydrogens (tertiary/aromatic N) is 3. The quantitative estimate of drug-likeness (QED) is 0.878. The summed E-state index contributed by atoms with van der Waals surface area (Å²) in [6.45, 7) is 5.57. The molecule has 1 aromatic heterocycles. The average molecular weight is 241 g/mol. The molecule has 0 bridgehead atoms. The Morgan fingerprint density at radius 2 is 2.06 bits per heavy atom. The minimum atomic E-state index is -0.600. The minimum absolute atomic E-state index is 0.557. The first-order valence-electron chi connectivity index (χ1n) is 5.78. The summed E-state index contributed by atoms with van der Waals surface area (Å²) in [6, 6.07) is 9.30. The Kier molecular flexibility index (Phi) is 3.17. The van der Waals surface area contributed by atoms with Crippen molar-refractivity contribution in [3.63, 3.8) is 0 Å². The molecule has 4 nitrogen and oxygen atoms in total. The van der Waals surface area contributed by atoms with E-state index in [0.29, 0.717) is 5.56 Å². The zero-order valence-electron chi connectivity index (χ0n) is 10.7. The minimum Gasteiger partial charge on any atom is -0.389 e. The summed E-state index contributed by atoms with van der Waals surface area (Å²) in [5.74, 6) is 0. The number of aromatic nitrogens is 2. The van der Waals surface area contributed by atoms with Crippen LogP contribution in [0.25, 0.3) is 5.69 Å². The van der Waals surface area contributed by atoms with Crippen molar-refractivity contribution in [2.45, 2.75) is 26.9 Å². The molecule has 1 atom stereocenters. The number of aliphatic hydroxyl groups excluding tert-OH is 1. The Morgan fingerprint density at radius 3 is 2.56 bits per heavy atom. The molecule has 1 N–H and O–H groups in total. The van der Waals surface area contributed by atoms with Crippen LogP contribution in [0.5, 0.6) is 0 Å². The van der Waals surface area contributed by atoms with E-state index in [9.17, 15) is 5.11 Å². The van der Waals surface area contributed by atoms with Gasteiger partial charge in [-0.3, -0.25) is 0 Å². The topological polar surface area (TPSA) is 61.8 Å². The van der Waals surface area contributed by atoms with Crippen LogP contribution < -0.4 is 0 Å². The summed E-state index contributed by atoms with van der Waals surface area (Å²) in [7, 11) is 0. The van der Waals surface area contributed by atoms with Gasteiger partial charge in [0.1, 0.15) is 0 Å². The van der Waals surface area contributed by atoms with Gasteiger partial charge in [-0.15, -0.1) is 0 Å². The Hall–Kier alpha value is -2.12. The highest BCUT2D eigenvalue weighted by Gasteiger charge is 2.13. The maximum atomic E-state index is 9.80. The highest BCUT2D eigenvalue weighted by molar-refractivity contribution is 5.49. The Bertz CT molecular complexity index is 620. The van der Waals surface area contributed by atoms with Crippen LogP contribution in [0.2, 0.25) is 0 Å². The van der Waals surface area contributed by atoms with E-state index >= 15 is 0 Å². The van der Waals surface area contributed by atoms with E-state index in [4.69, 9.17) is 5.26 Å². The van der Waals surface area contributed by atoms with Gasteiger partial charge in [-0.1, -0.05) is 6.07 Å². The van der Waals surface area contributed by atoms with E-state index < -0.39 is 6.10 Å². The maximum Gasteiger partial charge on any atom is 0.0992 e. The standard InChI is InChI=1S/C14H15N3O/c1-9-6-10(2)17(16-9)14-7-12(8-15)4-5-13(14)11(3)18/h4-7,11,18H,1-3H3/t11-/m1/s1. The summed E-state index contributed by atoms with van der Waals surface area (Å²) in [6.07, 6.45) is -0.600. The molecule has 0 aliphatic heterocycles. The van der Waals surface area contributed by atoms with E-state index in [1.807, 2.05) is 19.9 Å². The van der Waals surface area contributed by atoms with Crippen molar-refractivity contribution in [2.75, 3.05) is 0 Å². The average Bonchev–Trinajstić information content (AvgIpc) is 2.67. The molecule has 0 saturated carbocycles. The molecule has 18 heavy (non-hydrogen) atoms. The number of rotatable bonds is 2. The molecule has 1 aromatic carbocycles. The number of hydrogen-bond acceptors (Lipinski definition) is 3. The van der Waals surface area contributed by atoms with Crippen LogP contribution in [0.1, 0.15) is 35.5 Å². The smallest absolute Gasteiger partial charge is 0.0992 e. The van der Waals surface area contributed by atoms with Gasteiger partial charge in [-0.2, -0.15) is 10.4 Å². The lowest BCUT2D eigenvalue weighted by molar-refractivity contribution is 0.199. The van der Waals surface area contributed by atoms with Crippen LogP contribution in [-0.2, 0) is 0 Å². The third-order valence-electron chi connectivity index (χ3n) is 2.85. The SMILES string of the molecule is Cc1cc(C)n(-c2cc(C#N)ccc2[C@@H](C)O)n1. The molecule has 0 aliphatic rings. The second-order valence-corrected chi connectivity index (χ2v) is 4.40. The van der Waals surface area contributed by atoms with Gasteiger partial charge < -0.3 is 5.11 Å². The first-order chi connectivity index (χ1) is 8.52. The van der Waals surface area contributed by atoms with Gasteiger partial charge in [0.25, 0.3) is 0 Å². The molecule has 0 spiro atoms. The van der Waals surface area contributed by atoms with Crippen molar-refractivity contribution in [1.82, 2.24) is 9.78 Å². The third-order valence-corrected chi connectivity index (χ3v) is 2.85. The van der Waals surface area contributed by atoms with Crippen molar-refractivity contribution in [3.05, 3.63) is 46.8 Å². The molecule has 0 radical (unpaired) electrons. The molecule has 1 heterocycles. The van der Waals surface area contributed by atoms with Gasteiger partial charge in [0.2, 0.25) is 0 Å². The lowest BCUT2D eigenvalue weighted by Gasteiger charge is -2.13. The highest BCUT2D eigenvalue weighted by Crippen LogP contribution is 2.24. The lowest BCUT2D eigenvalue weighted by Crippen LogP contribution is -2.06. The van der Waals surface area contributed by atoms with Crippen molar-refractivity contribution in [2.24, 2.45) is 0 Å². The van der Waals surface area contributed by atoms with Crippen LogP contribution in [-0.4, -0.2) is 14.9 Å². The fourth-order valence-electron chi connectivity index (χ4n) is 2.02. The molecule has 0 amide bonds. The monoisotopic (exact) mass is 241 g/mol. The van der Waals surface area contributed by atoms with Crippen LogP contribution in [0.4, 0.5) is 0 Å². The summed E-state index contributed by atoms with van der Waals surface area (Å²) < 4.78 is 1.76. The summed E-state index contributed by atoms with van der Waals surface area (Å²) in [5, 5.41) is 23.2. The zero-order chi connectivity index (χ0) is 13.3. The molecule has 0 fully saturated rings. The molecular formula is C14H15N3O. The van der Waals surface area contributed by atoms with E-state index in [-0.39, 0.29) is 0 Å². The summed E-state index contributed by atoms with van der Waals surface area (Å²) in [4.78, 5) is 0. The van der Waals surface area contributed by atoms with E-state index in [1.165, 1.54) is 0 Å². The van der Waals surface area contributed by atoms with Crippen LogP contribution in [0.15, 0.2) is 24.3 Å². The van der Waals surface area contributed by atoms with Crippen molar-refractivity contribution in [1.29, 1.82) is 5.26 Å². The first-order valence-corrected chi connectivity index (χ1v) is 5.78. The number of nitriles is 1. The number of aliphatic hydroxyl groups is 1. The molecule has 2 rings (SSSR count). The van der Waals surface area contributed by atoms with Gasteiger partial charge in [0.15, 0.2) is 0 Å². The van der Waals surface area contributed by atoms with Crippen molar-refractivity contribution in [3.8, 4) is 11.8 Å². The van der Waals surface area contributed by atoms with Crippen molar-refractivity contribution >= 4 is 0 Å². The predicted molar refractivity (Wildman–Crippen MR) is 68.4 cm³/mol. The number of hydrogen-bond donors (Lipinski definition) is 1. The number of aryl methyl sites for hydroxylation is 2. The fraction of sp³-hybridized carbons (Fsp3) is 0.286. The van der Waals surface area contributed by atoms with Crippen LogP contribution >= 0.6 is 0 Å². The van der Waals surface area contributed by atoms with Gasteiger partial charge in [-0.05, 0) is 39.0 Å². The van der Waals surface area contributed by atoms with Crippen molar-refractivity contribution < 1.29 is 5.11 Å². The molecule has 2 aromatic rings. The number of benzene rings is 1. The Labute approximate surface area is 106 Å². The molecule has 92 valence electrons. The summed E-state index contributed by atoms with van der Waals surface area (Å²) >= 11 is 0. The Morgan fingerprint density at radius 1 is 1.33 bits per heavy atom. The first kappa shape index (κ1) is 12.3.